The molecule has 0 saturated heterocycles. The molecule has 0 unspecified atom stereocenters. The van der Waals surface area contributed by atoms with E-state index in [-0.39, 0.29) is 0 Å². The van der Waals surface area contributed by atoms with Gasteiger partial charge in [0.05, 0.1) is 0 Å². The van der Waals surface area contributed by atoms with Gasteiger partial charge in [0.2, 0.25) is 5.91 Å². The standard InChI is InChI=1S/C13H23NO/c15-13(12-8-3-9-12)14-10-4-7-11-5-1-2-6-11/h11-12H,1-10H2,(H,14,15). The third kappa shape index (κ3) is 3.22. The molecular weight excluding hydrogens is 186 g/mol. The van der Waals surface area contributed by atoms with Crippen LogP contribution < -0.4 is 5.32 Å². The van der Waals surface area contributed by atoms with Gasteiger partial charge in [0.15, 0.2) is 0 Å². The summed E-state index contributed by atoms with van der Waals surface area (Å²) in [6.45, 7) is 0.909. The van der Waals surface area contributed by atoms with E-state index in [1.807, 2.05) is 0 Å². The monoisotopic (exact) mass is 209 g/mol. The lowest BCUT2D eigenvalue weighted by molar-refractivity contribution is -0.127. The van der Waals surface area contributed by atoms with Crippen molar-refractivity contribution in [1.82, 2.24) is 5.32 Å². The fraction of sp³-hybridized carbons (Fsp3) is 0.923. The van der Waals surface area contributed by atoms with Gasteiger partial charge in [-0.15, -0.1) is 0 Å². The highest BCUT2D eigenvalue weighted by Crippen LogP contribution is 2.28. The second-order valence-electron chi connectivity index (χ2n) is 5.21. The molecule has 0 heterocycles. The van der Waals surface area contributed by atoms with Crippen LogP contribution in [0.25, 0.3) is 0 Å². The number of carbonyl (C=O) groups is 1. The minimum atomic E-state index is 0.313. The predicted molar refractivity (Wildman–Crippen MR) is 61.5 cm³/mol. The van der Waals surface area contributed by atoms with E-state index in [0.717, 1.165) is 25.3 Å². The zero-order chi connectivity index (χ0) is 10.5. The van der Waals surface area contributed by atoms with Crippen LogP contribution >= 0.6 is 0 Å². The second-order valence-corrected chi connectivity index (χ2v) is 5.21. The van der Waals surface area contributed by atoms with Gasteiger partial charge in [-0.1, -0.05) is 32.1 Å². The Bertz CT molecular complexity index is 205. The van der Waals surface area contributed by atoms with Gasteiger partial charge >= 0.3 is 0 Å². The van der Waals surface area contributed by atoms with Crippen LogP contribution in [0.1, 0.15) is 57.8 Å². The van der Waals surface area contributed by atoms with E-state index in [1.54, 1.807) is 0 Å². The van der Waals surface area contributed by atoms with Crippen LogP contribution in [0.15, 0.2) is 0 Å². The molecular formula is C13H23NO. The van der Waals surface area contributed by atoms with Crippen molar-refractivity contribution in [2.24, 2.45) is 11.8 Å². The first-order chi connectivity index (χ1) is 7.36. The molecule has 2 nitrogen and oxygen atoms in total. The van der Waals surface area contributed by atoms with E-state index < -0.39 is 0 Å². The first-order valence-electron chi connectivity index (χ1n) is 6.64. The van der Waals surface area contributed by atoms with Gasteiger partial charge in [0.25, 0.3) is 0 Å². The van der Waals surface area contributed by atoms with Crippen molar-refractivity contribution in [1.29, 1.82) is 0 Å². The van der Waals surface area contributed by atoms with Crippen molar-refractivity contribution in [2.45, 2.75) is 57.8 Å². The molecule has 0 aliphatic heterocycles. The van der Waals surface area contributed by atoms with Crippen LogP contribution in [0.3, 0.4) is 0 Å². The highest BCUT2D eigenvalue weighted by molar-refractivity contribution is 5.79. The Morgan fingerprint density at radius 3 is 2.40 bits per heavy atom. The number of carbonyl (C=O) groups excluding carboxylic acids is 1. The van der Waals surface area contributed by atoms with Gasteiger partial charge in [-0.3, -0.25) is 4.79 Å². The molecule has 2 heteroatoms. The number of rotatable bonds is 5. The summed E-state index contributed by atoms with van der Waals surface area (Å²) in [6, 6.07) is 0. The zero-order valence-electron chi connectivity index (χ0n) is 9.63. The topological polar surface area (TPSA) is 29.1 Å². The molecule has 0 atom stereocenters. The van der Waals surface area contributed by atoms with Gasteiger partial charge in [0, 0.05) is 12.5 Å². The molecule has 0 spiro atoms. The van der Waals surface area contributed by atoms with E-state index in [2.05, 4.69) is 5.32 Å². The predicted octanol–water partition coefficient (Wildman–Crippen LogP) is 2.87. The summed E-state index contributed by atoms with van der Waals surface area (Å²) in [5.41, 5.74) is 0. The number of hydrogen-bond acceptors (Lipinski definition) is 1. The Labute approximate surface area is 92.8 Å². The summed E-state index contributed by atoms with van der Waals surface area (Å²) in [5.74, 6) is 1.63. The highest BCUT2D eigenvalue weighted by Gasteiger charge is 2.24. The van der Waals surface area contributed by atoms with E-state index in [9.17, 15) is 4.79 Å². The minimum absolute atomic E-state index is 0.313. The fourth-order valence-corrected chi connectivity index (χ4v) is 2.72. The van der Waals surface area contributed by atoms with Crippen molar-refractivity contribution in [3.8, 4) is 0 Å². The van der Waals surface area contributed by atoms with Crippen LogP contribution in [0.4, 0.5) is 0 Å². The van der Waals surface area contributed by atoms with Gasteiger partial charge in [0.1, 0.15) is 0 Å². The Morgan fingerprint density at radius 1 is 1.07 bits per heavy atom. The average Bonchev–Trinajstić information content (AvgIpc) is 2.62. The van der Waals surface area contributed by atoms with Crippen molar-refractivity contribution >= 4 is 5.91 Å². The molecule has 1 amide bonds. The molecule has 0 radical (unpaired) electrons. The van der Waals surface area contributed by atoms with Crippen LogP contribution in [-0.4, -0.2) is 12.5 Å². The molecule has 15 heavy (non-hydrogen) atoms. The van der Waals surface area contributed by atoms with E-state index >= 15 is 0 Å². The van der Waals surface area contributed by atoms with E-state index in [4.69, 9.17) is 0 Å². The summed E-state index contributed by atoms with van der Waals surface area (Å²) in [6.07, 6.45) is 11.7. The van der Waals surface area contributed by atoms with Crippen LogP contribution in [0.2, 0.25) is 0 Å². The Morgan fingerprint density at radius 2 is 1.80 bits per heavy atom. The van der Waals surface area contributed by atoms with E-state index in [0.29, 0.717) is 11.8 Å². The van der Waals surface area contributed by atoms with Gasteiger partial charge in [-0.25, -0.2) is 0 Å². The van der Waals surface area contributed by atoms with Gasteiger partial charge in [-0.2, -0.15) is 0 Å². The molecule has 2 fully saturated rings. The third-order valence-corrected chi connectivity index (χ3v) is 4.04. The fourth-order valence-electron chi connectivity index (χ4n) is 2.72. The van der Waals surface area contributed by atoms with Gasteiger partial charge < -0.3 is 5.32 Å². The maximum atomic E-state index is 11.5. The highest BCUT2D eigenvalue weighted by atomic mass is 16.1. The number of hydrogen-bond donors (Lipinski definition) is 1. The summed E-state index contributed by atoms with van der Waals surface area (Å²) in [4.78, 5) is 11.5. The third-order valence-electron chi connectivity index (χ3n) is 4.04. The molecule has 0 aromatic heterocycles. The first kappa shape index (κ1) is 11.0. The maximum Gasteiger partial charge on any atom is 0.223 e. The van der Waals surface area contributed by atoms with E-state index in [1.165, 1.54) is 44.9 Å². The lowest BCUT2D eigenvalue weighted by Gasteiger charge is -2.24. The smallest absolute Gasteiger partial charge is 0.223 e. The maximum absolute atomic E-state index is 11.5. The van der Waals surface area contributed by atoms with Crippen LogP contribution in [0, 0.1) is 11.8 Å². The Kier molecular flexibility index (Phi) is 4.04. The SMILES string of the molecule is O=C(NCCCC1CCCC1)C1CCC1. The zero-order valence-corrected chi connectivity index (χ0v) is 9.63. The average molecular weight is 209 g/mol. The molecule has 0 aromatic carbocycles. The molecule has 2 aliphatic carbocycles. The lowest BCUT2D eigenvalue weighted by Crippen LogP contribution is -2.35. The first-order valence-corrected chi connectivity index (χ1v) is 6.64. The van der Waals surface area contributed by atoms with Crippen molar-refractivity contribution < 1.29 is 4.79 Å². The minimum Gasteiger partial charge on any atom is -0.356 e. The molecule has 0 aromatic rings. The molecule has 1 N–H and O–H groups in total. The van der Waals surface area contributed by atoms with Crippen LogP contribution in [0.5, 0.6) is 0 Å². The summed E-state index contributed by atoms with van der Waals surface area (Å²) >= 11 is 0. The Balaban J connectivity index is 1.48. The van der Waals surface area contributed by atoms with Crippen LogP contribution in [-0.2, 0) is 4.79 Å². The molecule has 2 aliphatic rings. The van der Waals surface area contributed by atoms with Crippen molar-refractivity contribution in [2.75, 3.05) is 6.54 Å². The molecule has 2 rings (SSSR count). The summed E-state index contributed by atoms with van der Waals surface area (Å²) in [5, 5.41) is 3.07. The second kappa shape index (κ2) is 5.53. The molecule has 0 bridgehead atoms. The molecule has 86 valence electrons. The largest absolute Gasteiger partial charge is 0.356 e. The molecule has 2 saturated carbocycles. The lowest BCUT2D eigenvalue weighted by atomic mass is 9.85. The van der Waals surface area contributed by atoms with Gasteiger partial charge in [-0.05, 0) is 31.6 Å². The summed E-state index contributed by atoms with van der Waals surface area (Å²) in [7, 11) is 0. The number of nitrogens with one attached hydrogen (secondary N) is 1. The normalized spacial score (nSPS) is 22.7. The number of amides is 1. The summed E-state index contributed by atoms with van der Waals surface area (Å²) < 4.78 is 0. The Hall–Kier alpha value is -0.530. The quantitative estimate of drug-likeness (QED) is 0.693. The van der Waals surface area contributed by atoms with Crippen molar-refractivity contribution in [3.63, 3.8) is 0 Å². The van der Waals surface area contributed by atoms with Crippen molar-refractivity contribution in [3.05, 3.63) is 0 Å².